The summed E-state index contributed by atoms with van der Waals surface area (Å²) in [5.74, 6) is -2.32. The lowest BCUT2D eigenvalue weighted by Crippen LogP contribution is -2.49. The number of nitrogens with zero attached hydrogens (tertiary/aromatic N) is 2. The maximum atomic E-state index is 14.4. The van der Waals surface area contributed by atoms with Gasteiger partial charge in [-0.15, -0.1) is 0 Å². The topological polar surface area (TPSA) is 130 Å². The second-order valence-electron chi connectivity index (χ2n) is 9.90. The summed E-state index contributed by atoms with van der Waals surface area (Å²) in [5.41, 5.74) is 2.40. The molecule has 3 amide bonds. The molecule has 1 fully saturated rings. The molecular formula is C29H24F3N5O5. The second-order valence-corrected chi connectivity index (χ2v) is 9.90. The summed E-state index contributed by atoms with van der Waals surface area (Å²) in [5, 5.41) is 6.71. The smallest absolute Gasteiger partial charge is 0.345 e. The van der Waals surface area contributed by atoms with Crippen LogP contribution in [0.3, 0.4) is 0 Å². The van der Waals surface area contributed by atoms with Gasteiger partial charge in [0.15, 0.2) is 0 Å². The van der Waals surface area contributed by atoms with Crippen molar-refractivity contribution in [3.05, 3.63) is 78.0 Å². The van der Waals surface area contributed by atoms with Gasteiger partial charge in [0.25, 0.3) is 5.91 Å². The van der Waals surface area contributed by atoms with E-state index in [4.69, 9.17) is 4.42 Å². The number of H-pyrrole nitrogens is 1. The number of halogens is 3. The molecule has 10 nitrogen and oxygen atoms in total. The Morgan fingerprint density at radius 2 is 1.98 bits per heavy atom. The summed E-state index contributed by atoms with van der Waals surface area (Å²) in [7, 11) is 0. The van der Waals surface area contributed by atoms with Crippen LogP contribution in [0.4, 0.5) is 13.2 Å². The minimum Gasteiger partial charge on any atom is -0.456 e. The Morgan fingerprint density at radius 3 is 2.79 bits per heavy atom. The molecule has 0 unspecified atom stereocenters. The Balaban J connectivity index is 1.13. The van der Waals surface area contributed by atoms with Crippen molar-refractivity contribution < 1.29 is 36.7 Å². The molecule has 1 aliphatic heterocycles. The fraction of sp³-hybridized carbons (Fsp3) is 0.241. The van der Waals surface area contributed by atoms with Crippen molar-refractivity contribution in [2.45, 2.75) is 31.7 Å². The number of carbonyl (C=O) groups is 3. The van der Waals surface area contributed by atoms with Crippen molar-refractivity contribution in [2.75, 3.05) is 13.1 Å². The zero-order valence-electron chi connectivity index (χ0n) is 21.9. The average molecular weight is 580 g/mol. The van der Waals surface area contributed by atoms with Gasteiger partial charge >= 0.3 is 6.61 Å². The molecule has 5 aromatic rings. The van der Waals surface area contributed by atoms with Crippen molar-refractivity contribution in [1.82, 2.24) is 25.5 Å². The number of alkyl halides is 2. The minimum absolute atomic E-state index is 0.106. The number of aromatic nitrogens is 2. The lowest BCUT2D eigenvalue weighted by atomic mass is 10.1. The van der Waals surface area contributed by atoms with E-state index in [1.54, 1.807) is 24.5 Å². The number of hydrogen-bond donors (Lipinski definition) is 3. The van der Waals surface area contributed by atoms with Gasteiger partial charge in [0.2, 0.25) is 11.8 Å². The number of hydrogen-bond acceptors (Lipinski definition) is 6. The zero-order chi connectivity index (χ0) is 29.4. The molecule has 13 heteroatoms. The number of aromatic amines is 1. The average Bonchev–Trinajstić information content (AvgIpc) is 3.68. The van der Waals surface area contributed by atoms with Gasteiger partial charge < -0.3 is 29.7 Å². The van der Waals surface area contributed by atoms with E-state index in [0.717, 1.165) is 15.8 Å². The molecule has 0 radical (unpaired) electrons. The number of furan rings is 1. The molecule has 2 atom stereocenters. The standard InChI is InChI=1S/C29H24F3N5O5/c30-20-2-1-3-24-26(20)19-9-15(4-5-23(19)42-24)27(39)35-13-25(38)37-14-18(41-29(31)32)10-22(37)28(40)34-12-17-8-16-11-33-7-6-21(16)36-17/h1-9,11,18,22,29,36H,10,12-14H2,(H,34,40)(H,35,39)/t18-,22+/m1/s1. The predicted molar refractivity (Wildman–Crippen MR) is 145 cm³/mol. The summed E-state index contributed by atoms with van der Waals surface area (Å²) < 4.78 is 50.5. The highest BCUT2D eigenvalue weighted by atomic mass is 19.3. The lowest BCUT2D eigenvalue weighted by molar-refractivity contribution is -0.160. The Labute approximate surface area is 235 Å². The maximum absolute atomic E-state index is 14.4. The van der Waals surface area contributed by atoms with E-state index in [0.29, 0.717) is 22.2 Å². The number of ether oxygens (including phenoxy) is 1. The van der Waals surface area contributed by atoms with E-state index in [2.05, 4.69) is 25.3 Å². The van der Waals surface area contributed by atoms with E-state index < -0.39 is 48.8 Å². The van der Waals surface area contributed by atoms with Gasteiger partial charge in [-0.05, 0) is 42.5 Å². The molecule has 0 spiro atoms. The van der Waals surface area contributed by atoms with Gasteiger partial charge in [0.1, 0.15) is 23.0 Å². The number of carbonyl (C=O) groups excluding carboxylic acids is 3. The molecule has 1 aliphatic rings. The van der Waals surface area contributed by atoms with Gasteiger partial charge in [-0.1, -0.05) is 6.07 Å². The first-order valence-corrected chi connectivity index (χ1v) is 13.1. The molecule has 3 N–H and O–H groups in total. The van der Waals surface area contributed by atoms with Crippen LogP contribution in [0.5, 0.6) is 0 Å². The van der Waals surface area contributed by atoms with Gasteiger partial charge in [0.05, 0.1) is 24.6 Å². The van der Waals surface area contributed by atoms with E-state index in [-0.39, 0.29) is 30.5 Å². The van der Waals surface area contributed by atoms with Crippen molar-refractivity contribution in [3.63, 3.8) is 0 Å². The fourth-order valence-electron chi connectivity index (χ4n) is 5.28. The number of likely N-dealkylation sites (tertiary alicyclic amines) is 1. The lowest BCUT2D eigenvalue weighted by Gasteiger charge is -2.24. The highest BCUT2D eigenvalue weighted by molar-refractivity contribution is 6.08. The van der Waals surface area contributed by atoms with Crippen LogP contribution in [-0.4, -0.2) is 64.4 Å². The molecule has 6 rings (SSSR count). The first-order chi connectivity index (χ1) is 20.3. The zero-order valence-corrected chi connectivity index (χ0v) is 21.9. The van der Waals surface area contributed by atoms with E-state index >= 15 is 0 Å². The van der Waals surface area contributed by atoms with Gasteiger partial charge in [-0.3, -0.25) is 19.4 Å². The predicted octanol–water partition coefficient (Wildman–Crippen LogP) is 3.86. The van der Waals surface area contributed by atoms with Crippen LogP contribution in [0.25, 0.3) is 32.8 Å². The normalized spacial score (nSPS) is 17.0. The molecule has 42 heavy (non-hydrogen) atoms. The van der Waals surface area contributed by atoms with Crippen LogP contribution >= 0.6 is 0 Å². The van der Waals surface area contributed by atoms with Crippen LogP contribution in [0.1, 0.15) is 22.5 Å². The third-order valence-electron chi connectivity index (χ3n) is 7.22. The highest BCUT2D eigenvalue weighted by Crippen LogP contribution is 2.31. The molecular weight excluding hydrogens is 555 g/mol. The summed E-state index contributed by atoms with van der Waals surface area (Å²) in [6, 6.07) is 11.4. The number of amides is 3. The number of pyridine rings is 1. The first kappa shape index (κ1) is 27.3. The summed E-state index contributed by atoms with van der Waals surface area (Å²) in [6.45, 7) is -3.72. The van der Waals surface area contributed by atoms with Crippen molar-refractivity contribution >= 4 is 50.6 Å². The SMILES string of the molecule is O=C(NCC(=O)N1C[C@H](OC(F)F)C[C@H]1C(=O)NCc1cc2cnccc2[nH]1)c1ccc2oc3cccc(F)c3c2c1. The summed E-state index contributed by atoms with van der Waals surface area (Å²) in [4.78, 5) is 47.4. The van der Waals surface area contributed by atoms with Crippen LogP contribution in [0.15, 0.2) is 65.3 Å². The van der Waals surface area contributed by atoms with E-state index in [9.17, 15) is 27.6 Å². The quantitative estimate of drug-likeness (QED) is 0.256. The molecule has 0 bridgehead atoms. The molecule has 0 saturated carbocycles. The molecule has 3 aromatic heterocycles. The minimum atomic E-state index is -3.08. The van der Waals surface area contributed by atoms with Crippen LogP contribution in [0.2, 0.25) is 0 Å². The third kappa shape index (κ3) is 5.38. The molecule has 216 valence electrons. The Hall–Kier alpha value is -4.91. The Kier molecular flexibility index (Phi) is 7.25. The first-order valence-electron chi connectivity index (χ1n) is 13.1. The fourth-order valence-corrected chi connectivity index (χ4v) is 5.28. The van der Waals surface area contributed by atoms with Crippen molar-refractivity contribution in [1.29, 1.82) is 0 Å². The highest BCUT2D eigenvalue weighted by Gasteiger charge is 2.41. The Morgan fingerprint density at radius 1 is 1.12 bits per heavy atom. The monoisotopic (exact) mass is 579 g/mol. The van der Waals surface area contributed by atoms with E-state index in [1.165, 1.54) is 30.3 Å². The number of rotatable bonds is 8. The largest absolute Gasteiger partial charge is 0.456 e. The number of benzene rings is 2. The number of nitrogens with one attached hydrogen (secondary N) is 3. The summed E-state index contributed by atoms with van der Waals surface area (Å²) in [6.07, 6.45) is 2.10. The van der Waals surface area contributed by atoms with E-state index in [1.807, 2.05) is 6.07 Å². The second kappa shape index (κ2) is 11.2. The van der Waals surface area contributed by atoms with Gasteiger partial charge in [-0.2, -0.15) is 8.78 Å². The molecule has 4 heterocycles. The number of fused-ring (bicyclic) bond motifs is 4. The molecule has 0 aliphatic carbocycles. The van der Waals surface area contributed by atoms with Crippen LogP contribution in [-0.2, 0) is 20.9 Å². The molecule has 1 saturated heterocycles. The van der Waals surface area contributed by atoms with Gasteiger partial charge in [-0.25, -0.2) is 4.39 Å². The van der Waals surface area contributed by atoms with Crippen molar-refractivity contribution in [2.24, 2.45) is 0 Å². The Bertz CT molecular complexity index is 1790. The van der Waals surface area contributed by atoms with Crippen LogP contribution < -0.4 is 10.6 Å². The molecule has 2 aromatic carbocycles. The van der Waals surface area contributed by atoms with Crippen LogP contribution in [0, 0.1) is 5.82 Å². The van der Waals surface area contributed by atoms with Crippen molar-refractivity contribution in [3.8, 4) is 0 Å². The maximum Gasteiger partial charge on any atom is 0.345 e. The van der Waals surface area contributed by atoms with Gasteiger partial charge in [0, 0.05) is 52.9 Å². The third-order valence-corrected chi connectivity index (χ3v) is 7.22. The summed E-state index contributed by atoms with van der Waals surface area (Å²) >= 11 is 0.